The predicted molar refractivity (Wildman–Crippen MR) is 148 cm³/mol. The van der Waals surface area contributed by atoms with Crippen LogP contribution in [0.4, 0.5) is 5.69 Å². The van der Waals surface area contributed by atoms with Crippen molar-refractivity contribution in [2.24, 2.45) is 10.9 Å². The summed E-state index contributed by atoms with van der Waals surface area (Å²) < 4.78 is 5.39. The molecule has 2 unspecified atom stereocenters. The summed E-state index contributed by atoms with van der Waals surface area (Å²) in [6.07, 6.45) is 14.4. The fourth-order valence-electron chi connectivity index (χ4n) is 4.47. The number of rotatable bonds is 5. The minimum atomic E-state index is 0.0468. The van der Waals surface area contributed by atoms with Gasteiger partial charge >= 0.3 is 0 Å². The highest BCUT2D eigenvalue weighted by Gasteiger charge is 2.28. The number of nitrogens with zero attached hydrogens (tertiary/aromatic N) is 2. The number of anilines is 1. The number of amidine groups is 1. The second kappa shape index (κ2) is 11.7. The number of hydrogen-bond donors (Lipinski definition) is 1. The number of ether oxygens (including phenoxy) is 1. The molecule has 0 aromatic heterocycles. The molecule has 2 atom stereocenters. The molecule has 1 heterocycles. The maximum atomic E-state index is 6.34. The third-order valence-electron chi connectivity index (χ3n) is 6.33. The SMILES string of the molecule is CN=C(SCC1C=CC=CCC1)N1CCC(c2cc(Cl)ccc2N)=CC1c1ccc(OC)cc1. The second-order valence-electron chi connectivity index (χ2n) is 8.55. The lowest BCUT2D eigenvalue weighted by atomic mass is 9.92. The maximum absolute atomic E-state index is 6.34. The first-order valence-corrected chi connectivity index (χ1v) is 13.0. The summed E-state index contributed by atoms with van der Waals surface area (Å²) in [5, 5.41) is 1.77. The Kier molecular flexibility index (Phi) is 8.41. The van der Waals surface area contributed by atoms with Gasteiger partial charge in [0, 0.05) is 35.6 Å². The molecule has 0 radical (unpaired) electrons. The maximum Gasteiger partial charge on any atom is 0.159 e. The van der Waals surface area contributed by atoms with Crippen molar-refractivity contribution < 1.29 is 4.74 Å². The minimum Gasteiger partial charge on any atom is -0.497 e. The Morgan fingerprint density at radius 1 is 1.21 bits per heavy atom. The Bertz CT molecular complexity index is 1110. The number of aliphatic imine (C=N–C) groups is 1. The Morgan fingerprint density at radius 3 is 2.79 bits per heavy atom. The average Bonchev–Trinajstić information content (AvgIpc) is 3.15. The Labute approximate surface area is 212 Å². The van der Waals surface area contributed by atoms with E-state index in [2.05, 4.69) is 47.4 Å². The highest BCUT2D eigenvalue weighted by Crippen LogP contribution is 2.38. The number of thioether (sulfide) groups is 1. The molecular weight excluding hydrogens is 462 g/mol. The van der Waals surface area contributed by atoms with E-state index in [0.29, 0.717) is 10.9 Å². The molecule has 0 spiro atoms. The molecule has 1 aliphatic carbocycles. The quantitative estimate of drug-likeness (QED) is 0.276. The molecule has 2 aliphatic rings. The van der Waals surface area contributed by atoms with Crippen LogP contribution >= 0.6 is 23.4 Å². The van der Waals surface area contributed by atoms with Crippen LogP contribution in [0.25, 0.3) is 5.57 Å². The van der Waals surface area contributed by atoms with Gasteiger partial charge in [0.2, 0.25) is 0 Å². The standard InChI is InChI=1S/C28H32ClN3OS/c1-31-28(34-19-20-7-5-3-4-6-8-20)32-16-15-22(25-18-23(29)11-14-26(25)30)17-27(32)21-9-12-24(33-2)13-10-21/h3-5,7,9-14,17-18,20,27H,6,8,15-16,19,30H2,1-2H3. The van der Waals surface area contributed by atoms with Gasteiger partial charge in [-0.15, -0.1) is 0 Å². The lowest BCUT2D eigenvalue weighted by molar-refractivity contribution is 0.366. The van der Waals surface area contributed by atoms with Crippen LogP contribution in [0, 0.1) is 5.92 Å². The lowest BCUT2D eigenvalue weighted by Gasteiger charge is -2.37. The van der Waals surface area contributed by atoms with Gasteiger partial charge in [-0.25, -0.2) is 0 Å². The molecule has 0 fully saturated rings. The Balaban J connectivity index is 1.63. The van der Waals surface area contributed by atoms with Gasteiger partial charge in [-0.1, -0.05) is 65.9 Å². The zero-order valence-electron chi connectivity index (χ0n) is 19.8. The molecule has 0 saturated heterocycles. The normalized spacial score (nSPS) is 20.7. The van der Waals surface area contributed by atoms with E-state index in [1.807, 2.05) is 49.1 Å². The number of methoxy groups -OCH3 is 1. The highest BCUT2D eigenvalue weighted by molar-refractivity contribution is 8.13. The van der Waals surface area contributed by atoms with Gasteiger partial charge in [-0.3, -0.25) is 4.99 Å². The summed E-state index contributed by atoms with van der Waals surface area (Å²) in [7, 11) is 3.59. The predicted octanol–water partition coefficient (Wildman–Crippen LogP) is 7.00. The second-order valence-corrected chi connectivity index (χ2v) is 9.98. The number of benzene rings is 2. The van der Waals surface area contributed by atoms with Crippen molar-refractivity contribution in [1.82, 2.24) is 4.90 Å². The third-order valence-corrected chi connectivity index (χ3v) is 7.84. The molecule has 34 heavy (non-hydrogen) atoms. The number of hydrogen-bond acceptors (Lipinski definition) is 4. The Hall–Kier alpha value is -2.63. The number of halogens is 1. The first-order chi connectivity index (χ1) is 16.6. The molecule has 4 nitrogen and oxygen atoms in total. The van der Waals surface area contributed by atoms with Crippen LogP contribution < -0.4 is 10.5 Å². The molecule has 0 bridgehead atoms. The van der Waals surface area contributed by atoms with E-state index in [4.69, 9.17) is 27.1 Å². The van der Waals surface area contributed by atoms with E-state index < -0.39 is 0 Å². The highest BCUT2D eigenvalue weighted by atomic mass is 35.5. The van der Waals surface area contributed by atoms with Crippen LogP contribution in [0.3, 0.4) is 0 Å². The average molecular weight is 494 g/mol. The van der Waals surface area contributed by atoms with E-state index in [0.717, 1.165) is 47.3 Å². The Morgan fingerprint density at radius 2 is 2.03 bits per heavy atom. The summed E-state index contributed by atoms with van der Waals surface area (Å²) in [5.74, 6) is 2.43. The van der Waals surface area contributed by atoms with E-state index in [1.54, 1.807) is 7.11 Å². The number of nitrogen functional groups attached to an aromatic ring is 1. The smallest absolute Gasteiger partial charge is 0.159 e. The van der Waals surface area contributed by atoms with Crippen LogP contribution in [0.5, 0.6) is 5.75 Å². The van der Waals surface area contributed by atoms with Crippen molar-refractivity contribution in [1.29, 1.82) is 0 Å². The topological polar surface area (TPSA) is 50.8 Å². The van der Waals surface area contributed by atoms with Gasteiger partial charge in [0.05, 0.1) is 13.2 Å². The van der Waals surface area contributed by atoms with Gasteiger partial charge < -0.3 is 15.4 Å². The summed E-state index contributed by atoms with van der Waals surface area (Å²) in [4.78, 5) is 7.14. The molecule has 2 aromatic rings. The van der Waals surface area contributed by atoms with Crippen LogP contribution in [0.1, 0.15) is 36.4 Å². The van der Waals surface area contributed by atoms with Gasteiger partial charge in [-0.05, 0) is 66.6 Å². The van der Waals surface area contributed by atoms with Gasteiger partial charge in [-0.2, -0.15) is 0 Å². The molecule has 6 heteroatoms. The summed E-state index contributed by atoms with van der Waals surface area (Å²) >= 11 is 8.16. The zero-order chi connectivity index (χ0) is 23.9. The monoisotopic (exact) mass is 493 g/mol. The van der Waals surface area contributed by atoms with Gasteiger partial charge in [0.1, 0.15) is 5.75 Å². The first kappa shape index (κ1) is 24.5. The fraction of sp³-hybridized carbons (Fsp3) is 0.321. The largest absolute Gasteiger partial charge is 0.497 e. The van der Waals surface area contributed by atoms with Crippen LogP contribution in [-0.2, 0) is 0 Å². The lowest BCUT2D eigenvalue weighted by Crippen LogP contribution is -2.36. The molecular formula is C28H32ClN3OS. The summed E-state index contributed by atoms with van der Waals surface area (Å²) in [5.41, 5.74) is 10.5. The van der Waals surface area contributed by atoms with Crippen molar-refractivity contribution in [2.75, 3.05) is 32.2 Å². The molecule has 0 amide bonds. The molecule has 0 saturated carbocycles. The van der Waals surface area contributed by atoms with E-state index >= 15 is 0 Å². The summed E-state index contributed by atoms with van der Waals surface area (Å²) in [6, 6.07) is 14.0. The van der Waals surface area contributed by atoms with Crippen LogP contribution in [0.2, 0.25) is 5.02 Å². The van der Waals surface area contributed by atoms with Crippen molar-refractivity contribution in [2.45, 2.75) is 25.3 Å². The first-order valence-electron chi connectivity index (χ1n) is 11.7. The molecule has 2 N–H and O–H groups in total. The van der Waals surface area contributed by atoms with Crippen molar-refractivity contribution in [3.05, 3.63) is 89.0 Å². The summed E-state index contributed by atoms with van der Waals surface area (Å²) in [6.45, 7) is 0.857. The van der Waals surface area contributed by atoms with E-state index in [9.17, 15) is 0 Å². The molecule has 1 aliphatic heterocycles. The van der Waals surface area contributed by atoms with Gasteiger partial charge in [0.15, 0.2) is 5.17 Å². The van der Waals surface area contributed by atoms with Crippen molar-refractivity contribution in [3.8, 4) is 5.75 Å². The van der Waals surface area contributed by atoms with Crippen LogP contribution in [0.15, 0.2) is 77.8 Å². The molecule has 2 aromatic carbocycles. The molecule has 178 valence electrons. The van der Waals surface area contributed by atoms with Crippen molar-refractivity contribution in [3.63, 3.8) is 0 Å². The van der Waals surface area contributed by atoms with E-state index in [1.165, 1.54) is 17.6 Å². The van der Waals surface area contributed by atoms with Crippen molar-refractivity contribution >= 4 is 39.8 Å². The zero-order valence-corrected chi connectivity index (χ0v) is 21.4. The number of nitrogens with two attached hydrogens (primary N) is 1. The third kappa shape index (κ3) is 5.89. The van der Waals surface area contributed by atoms with E-state index in [-0.39, 0.29) is 6.04 Å². The number of allylic oxidation sites excluding steroid dienone is 4. The minimum absolute atomic E-state index is 0.0468. The van der Waals surface area contributed by atoms with Crippen LogP contribution in [-0.4, -0.2) is 36.5 Å². The molecule has 4 rings (SSSR count). The fourth-order valence-corrected chi connectivity index (χ4v) is 5.78. The van der Waals surface area contributed by atoms with Gasteiger partial charge in [0.25, 0.3) is 0 Å².